The van der Waals surface area contributed by atoms with Gasteiger partial charge in [0.15, 0.2) is 0 Å². The number of halogens is 2. The molecule has 0 radical (unpaired) electrons. The normalized spacial score (nSPS) is 18.7. The van der Waals surface area contributed by atoms with Gasteiger partial charge in [0.25, 0.3) is 0 Å². The van der Waals surface area contributed by atoms with Crippen LogP contribution in [0.2, 0.25) is 5.02 Å². The molecule has 4 heteroatoms. The highest BCUT2D eigenvalue weighted by atomic mass is 79.9. The lowest BCUT2D eigenvalue weighted by atomic mass is 9.78. The number of aryl methyl sites for hydroxylation is 1. The van der Waals surface area contributed by atoms with Crippen LogP contribution in [0.4, 0.5) is 0 Å². The Balaban J connectivity index is 2.42. The minimum atomic E-state index is 0.366. The predicted molar refractivity (Wildman–Crippen MR) is 113 cm³/mol. The molecule has 2 nitrogen and oxygen atoms in total. The Morgan fingerprint density at radius 1 is 1.40 bits per heavy atom. The monoisotopic (exact) mass is 422 g/mol. The molecule has 0 spiro atoms. The Morgan fingerprint density at radius 3 is 2.68 bits per heavy atom. The van der Waals surface area contributed by atoms with Gasteiger partial charge in [-0.2, -0.15) is 0 Å². The van der Waals surface area contributed by atoms with Gasteiger partial charge in [0.05, 0.1) is 0 Å². The highest BCUT2D eigenvalue weighted by Crippen LogP contribution is 2.40. The number of allylic oxidation sites excluding steroid dienone is 4. The molecule has 1 atom stereocenters. The van der Waals surface area contributed by atoms with E-state index in [1.807, 2.05) is 19.1 Å². The zero-order chi connectivity index (χ0) is 18.4. The Hall–Kier alpha value is -0.900. The molecule has 1 aliphatic heterocycles. The zero-order valence-corrected chi connectivity index (χ0v) is 17.7. The van der Waals surface area contributed by atoms with Crippen LogP contribution in [-0.4, -0.2) is 31.3 Å². The van der Waals surface area contributed by atoms with E-state index in [1.165, 1.54) is 30.2 Å². The minimum absolute atomic E-state index is 0.366. The summed E-state index contributed by atoms with van der Waals surface area (Å²) >= 11 is 10.1. The summed E-state index contributed by atoms with van der Waals surface area (Å²) in [5, 5.41) is 8.13. The van der Waals surface area contributed by atoms with E-state index in [9.17, 15) is 0 Å². The number of nitrogens with one attached hydrogen (secondary N) is 1. The number of hydrogen-bond donors (Lipinski definition) is 1. The summed E-state index contributed by atoms with van der Waals surface area (Å²) < 4.78 is 1.11. The van der Waals surface area contributed by atoms with E-state index < -0.39 is 0 Å². The van der Waals surface area contributed by atoms with Crippen LogP contribution in [0.25, 0.3) is 0 Å². The van der Waals surface area contributed by atoms with Gasteiger partial charge in [0.1, 0.15) is 0 Å². The van der Waals surface area contributed by atoms with Gasteiger partial charge in [-0.3, -0.25) is 0 Å². The fourth-order valence-corrected chi connectivity index (χ4v) is 4.69. The van der Waals surface area contributed by atoms with Gasteiger partial charge in [-0.25, -0.2) is 0 Å². The maximum Gasteiger partial charge on any atom is 0.0420 e. The van der Waals surface area contributed by atoms with Gasteiger partial charge in [-0.05, 0) is 81.1 Å². The van der Waals surface area contributed by atoms with Gasteiger partial charge >= 0.3 is 0 Å². The van der Waals surface area contributed by atoms with Crippen molar-refractivity contribution in [1.29, 1.82) is 5.41 Å². The molecule has 2 rings (SSSR count). The topological polar surface area (TPSA) is 27.1 Å². The number of likely N-dealkylation sites (tertiary alicyclic amines) is 1. The number of piperidine rings is 1. The predicted octanol–water partition coefficient (Wildman–Crippen LogP) is 6.24. The Bertz CT molecular complexity index is 658. The van der Waals surface area contributed by atoms with E-state index in [0.717, 1.165) is 34.6 Å². The van der Waals surface area contributed by atoms with Crippen molar-refractivity contribution in [1.82, 2.24) is 4.90 Å². The summed E-state index contributed by atoms with van der Waals surface area (Å²) in [4.78, 5) is 2.41. The highest BCUT2D eigenvalue weighted by molar-refractivity contribution is 9.10. The minimum Gasteiger partial charge on any atom is -0.308 e. The van der Waals surface area contributed by atoms with Crippen molar-refractivity contribution >= 4 is 33.7 Å². The smallest absolute Gasteiger partial charge is 0.0420 e. The molecule has 0 aromatic heterocycles. The van der Waals surface area contributed by atoms with Crippen LogP contribution in [0.3, 0.4) is 0 Å². The molecule has 1 fully saturated rings. The van der Waals surface area contributed by atoms with Crippen molar-refractivity contribution in [3.05, 3.63) is 56.6 Å². The van der Waals surface area contributed by atoms with Crippen molar-refractivity contribution < 1.29 is 0 Å². The number of hydrogen-bond acceptors (Lipinski definition) is 2. The molecule has 1 aromatic carbocycles. The molecule has 0 amide bonds. The van der Waals surface area contributed by atoms with E-state index >= 15 is 0 Å². The van der Waals surface area contributed by atoms with E-state index in [-0.39, 0.29) is 0 Å². The Morgan fingerprint density at radius 2 is 2.08 bits per heavy atom. The van der Waals surface area contributed by atoms with Gasteiger partial charge in [0.2, 0.25) is 0 Å². The molecule has 1 N–H and O–H groups in total. The van der Waals surface area contributed by atoms with Crippen LogP contribution in [0.5, 0.6) is 0 Å². The molecule has 1 heterocycles. The quantitative estimate of drug-likeness (QED) is 0.425. The first-order valence-electron chi connectivity index (χ1n) is 8.98. The fraction of sp³-hybridized carbons (Fsp3) is 0.476. The summed E-state index contributed by atoms with van der Waals surface area (Å²) in [6.07, 6.45) is 11.2. The molecule has 0 aliphatic carbocycles. The summed E-state index contributed by atoms with van der Waals surface area (Å²) in [5.74, 6) is 0.994. The summed E-state index contributed by atoms with van der Waals surface area (Å²) in [6, 6.07) is 4.13. The first kappa shape index (κ1) is 20.4. The van der Waals surface area contributed by atoms with Gasteiger partial charge in [-0.15, -0.1) is 0 Å². The third kappa shape index (κ3) is 5.54. The summed E-state index contributed by atoms with van der Waals surface area (Å²) in [7, 11) is 2.20. The largest absolute Gasteiger partial charge is 0.308 e. The van der Waals surface area contributed by atoms with Crippen LogP contribution < -0.4 is 0 Å². The SMILES string of the molecule is CCc1cc(Cl)cc(Br)c1C(/C=C/C=C(/C)C=N)C1CCN(C)CC1. The summed E-state index contributed by atoms with van der Waals surface area (Å²) in [6.45, 7) is 6.45. The average Bonchev–Trinajstić information content (AvgIpc) is 2.59. The second-order valence-electron chi connectivity index (χ2n) is 6.92. The van der Waals surface area contributed by atoms with Crippen molar-refractivity contribution in [3.8, 4) is 0 Å². The number of benzene rings is 1. The molecule has 0 saturated carbocycles. The average molecular weight is 424 g/mol. The third-order valence-corrected chi connectivity index (χ3v) is 5.94. The highest BCUT2D eigenvalue weighted by Gasteiger charge is 2.27. The van der Waals surface area contributed by atoms with E-state index in [2.05, 4.69) is 53.0 Å². The second-order valence-corrected chi connectivity index (χ2v) is 8.21. The van der Waals surface area contributed by atoms with Gasteiger partial charge < -0.3 is 10.3 Å². The fourth-order valence-electron chi connectivity index (χ4n) is 3.56. The maximum absolute atomic E-state index is 7.34. The summed E-state index contributed by atoms with van der Waals surface area (Å²) in [5.41, 5.74) is 3.66. The van der Waals surface area contributed by atoms with Crippen molar-refractivity contribution in [2.24, 2.45) is 5.92 Å². The number of rotatable bonds is 6. The zero-order valence-electron chi connectivity index (χ0n) is 15.4. The van der Waals surface area contributed by atoms with Crippen molar-refractivity contribution in [2.45, 2.75) is 39.0 Å². The number of nitrogens with zero attached hydrogens (tertiary/aromatic N) is 1. The molecule has 136 valence electrons. The van der Waals surface area contributed by atoms with Crippen LogP contribution in [-0.2, 0) is 6.42 Å². The third-order valence-electron chi connectivity index (χ3n) is 5.07. The molecule has 0 bridgehead atoms. The standard InChI is InChI=1S/C21H28BrClN2/c1-4-16-12-18(23)13-20(22)21(16)19(7-5-6-15(2)14-24)17-8-10-25(3)11-9-17/h5-7,12-14,17,19,24H,4,8-11H2,1-3H3/b7-5+,15-6-,24-14?. The van der Waals surface area contributed by atoms with Crippen LogP contribution in [0.1, 0.15) is 43.7 Å². The second kappa shape index (κ2) is 9.70. The van der Waals surface area contributed by atoms with E-state index in [1.54, 1.807) is 0 Å². The maximum atomic E-state index is 7.34. The lowest BCUT2D eigenvalue weighted by Crippen LogP contribution is -2.32. The van der Waals surface area contributed by atoms with Crippen molar-refractivity contribution in [3.63, 3.8) is 0 Å². The van der Waals surface area contributed by atoms with Gasteiger partial charge in [0, 0.05) is 21.6 Å². The molecular formula is C21H28BrClN2. The molecule has 1 saturated heterocycles. The van der Waals surface area contributed by atoms with Crippen LogP contribution in [0.15, 0.2) is 40.4 Å². The van der Waals surface area contributed by atoms with Crippen molar-refractivity contribution in [2.75, 3.05) is 20.1 Å². The first-order valence-corrected chi connectivity index (χ1v) is 10.1. The molecule has 1 unspecified atom stereocenters. The molecule has 1 aromatic rings. The van der Waals surface area contributed by atoms with Crippen LogP contribution in [0, 0.1) is 11.3 Å². The lowest BCUT2D eigenvalue weighted by molar-refractivity contribution is 0.208. The Kier molecular flexibility index (Phi) is 7.92. The van der Waals surface area contributed by atoms with Gasteiger partial charge in [-0.1, -0.05) is 52.7 Å². The van der Waals surface area contributed by atoms with E-state index in [4.69, 9.17) is 17.0 Å². The lowest BCUT2D eigenvalue weighted by Gasteiger charge is -2.34. The first-order chi connectivity index (χ1) is 12.0. The van der Waals surface area contributed by atoms with E-state index in [0.29, 0.717) is 11.8 Å². The van der Waals surface area contributed by atoms with Crippen LogP contribution >= 0.6 is 27.5 Å². The molecule has 1 aliphatic rings. The Labute approximate surface area is 165 Å². The molecular weight excluding hydrogens is 396 g/mol. The molecule has 25 heavy (non-hydrogen) atoms.